The minimum absolute atomic E-state index is 0.106. The number of pyridine rings is 1. The molecule has 2 fully saturated rings. The minimum Gasteiger partial charge on any atom is -0.479 e. The molecule has 1 atom stereocenters. The summed E-state index contributed by atoms with van der Waals surface area (Å²) >= 11 is 7.72. The van der Waals surface area contributed by atoms with E-state index >= 15 is 0 Å². The molecule has 2 aliphatic heterocycles. The number of aliphatic carboxylic acids is 1. The van der Waals surface area contributed by atoms with Crippen molar-refractivity contribution >= 4 is 65.8 Å². The molecule has 0 radical (unpaired) electrons. The van der Waals surface area contributed by atoms with Crippen LogP contribution in [0.4, 0.5) is 5.82 Å². The smallest absolute Gasteiger partial charge is 0.337 e. The number of carbonyl (C=O) groups is 1. The Hall–Kier alpha value is -3.62. The molecule has 48 heavy (non-hydrogen) atoms. The third-order valence-electron chi connectivity index (χ3n) is 8.94. The Balaban J connectivity index is 1.30. The van der Waals surface area contributed by atoms with E-state index in [-0.39, 0.29) is 17.5 Å². The van der Waals surface area contributed by atoms with Crippen LogP contribution in [0, 0.1) is 6.92 Å². The number of aryl methyl sites for hydroxylation is 2. The average molecular weight is 709 g/mol. The van der Waals surface area contributed by atoms with E-state index in [4.69, 9.17) is 31.4 Å². The van der Waals surface area contributed by atoms with Crippen LogP contribution >= 0.6 is 22.9 Å². The molecule has 0 aliphatic carbocycles. The second-order valence-electron chi connectivity index (χ2n) is 13.6. The number of hydrogen-bond donors (Lipinski definition) is 1. The van der Waals surface area contributed by atoms with Crippen molar-refractivity contribution in [2.75, 3.05) is 42.6 Å². The minimum atomic E-state index is -2.88. The maximum absolute atomic E-state index is 12.7. The zero-order valence-corrected chi connectivity index (χ0v) is 29.8. The van der Waals surface area contributed by atoms with E-state index in [0.29, 0.717) is 21.3 Å². The van der Waals surface area contributed by atoms with Gasteiger partial charge in [0.2, 0.25) is 0 Å². The lowest BCUT2D eigenvalue weighted by atomic mass is 9.91. The maximum atomic E-state index is 12.7. The zero-order chi connectivity index (χ0) is 34.1. The lowest BCUT2D eigenvalue weighted by Gasteiger charge is -2.42. The molecular formula is C34H37ClN6O5S2. The van der Waals surface area contributed by atoms with Crippen LogP contribution in [0.25, 0.3) is 43.1 Å². The number of piperazine rings is 1. The monoisotopic (exact) mass is 708 g/mol. The van der Waals surface area contributed by atoms with Crippen LogP contribution in [0.5, 0.6) is 0 Å². The summed E-state index contributed by atoms with van der Waals surface area (Å²) in [6, 6.07) is 13.4. The number of sulfone groups is 1. The van der Waals surface area contributed by atoms with Gasteiger partial charge in [0, 0.05) is 55.4 Å². The SMILES string of the molecule is Cc1cc2nc(-c3ccc4c(n3)c(N3CCN(C5CS(=O)(=O)C5)CC3)nn4C)sc2c(-c2ccc(Cl)cc2)c1C(OC(C)(C)C)C(=O)O. The van der Waals surface area contributed by atoms with Crippen LogP contribution < -0.4 is 4.90 Å². The molecule has 0 saturated carbocycles. The highest BCUT2D eigenvalue weighted by molar-refractivity contribution is 7.92. The van der Waals surface area contributed by atoms with Gasteiger partial charge < -0.3 is 14.7 Å². The normalized spacial score (nSPS) is 18.0. The fourth-order valence-corrected chi connectivity index (χ4v) is 9.37. The molecule has 5 heterocycles. The highest BCUT2D eigenvalue weighted by Crippen LogP contribution is 2.44. The molecule has 3 aromatic heterocycles. The highest BCUT2D eigenvalue weighted by atomic mass is 35.5. The molecule has 5 aromatic rings. The van der Waals surface area contributed by atoms with Crippen LogP contribution in [0.3, 0.4) is 0 Å². The molecule has 2 aliphatic rings. The molecule has 252 valence electrons. The summed E-state index contributed by atoms with van der Waals surface area (Å²) in [7, 11) is -0.972. The number of benzene rings is 2. The Labute approximate surface area is 288 Å². The van der Waals surface area contributed by atoms with Crippen molar-refractivity contribution in [2.45, 2.75) is 45.4 Å². The van der Waals surface area contributed by atoms with Crippen molar-refractivity contribution in [1.82, 2.24) is 24.6 Å². The fourth-order valence-electron chi connectivity index (χ4n) is 6.65. The zero-order valence-electron chi connectivity index (χ0n) is 27.4. The Bertz CT molecular complexity index is 2150. The standard InChI is InChI=1S/C34H37ClN6O5S2/c1-19-16-24-30(27(20-6-8-21(35)9-7-20)26(19)29(33(42)43)46-34(2,3)4)47-32(37-24)23-10-11-25-28(36-23)31(38-39(25)5)41-14-12-40(13-15-41)22-17-48(44,45)18-22/h6-11,16,22,29H,12-15,17-18H2,1-5H3,(H,42,43). The van der Waals surface area contributed by atoms with Crippen molar-refractivity contribution < 1.29 is 23.1 Å². The number of halogens is 1. The highest BCUT2D eigenvalue weighted by Gasteiger charge is 2.39. The molecule has 11 nitrogen and oxygen atoms in total. The summed E-state index contributed by atoms with van der Waals surface area (Å²) in [5.74, 6) is 0.212. The fraction of sp³-hybridized carbons (Fsp3) is 0.412. The summed E-state index contributed by atoms with van der Waals surface area (Å²) in [6.45, 7) is 10.4. The van der Waals surface area contributed by atoms with Crippen molar-refractivity contribution in [3.8, 4) is 21.8 Å². The molecule has 14 heteroatoms. The molecule has 1 unspecified atom stereocenters. The van der Waals surface area contributed by atoms with Crippen molar-refractivity contribution in [1.29, 1.82) is 0 Å². The number of nitrogens with zero attached hydrogens (tertiary/aromatic N) is 6. The number of fused-ring (bicyclic) bond motifs is 2. The third kappa shape index (κ3) is 6.18. The van der Waals surface area contributed by atoms with Gasteiger partial charge in [-0.1, -0.05) is 23.7 Å². The molecule has 2 saturated heterocycles. The average Bonchev–Trinajstić information content (AvgIpc) is 3.58. The molecule has 1 N–H and O–H groups in total. The summed E-state index contributed by atoms with van der Waals surface area (Å²) in [5, 5.41) is 16.5. The Kier molecular flexibility index (Phi) is 8.27. The molecule has 0 spiro atoms. The van der Waals surface area contributed by atoms with Crippen LogP contribution in [-0.4, -0.2) is 93.5 Å². The van der Waals surface area contributed by atoms with Gasteiger partial charge >= 0.3 is 5.97 Å². The van der Waals surface area contributed by atoms with Gasteiger partial charge in [-0.3, -0.25) is 9.58 Å². The number of ether oxygens (including phenoxy) is 1. The van der Waals surface area contributed by atoms with Gasteiger partial charge in [0.1, 0.15) is 10.5 Å². The van der Waals surface area contributed by atoms with E-state index < -0.39 is 27.5 Å². The number of rotatable bonds is 7. The summed E-state index contributed by atoms with van der Waals surface area (Å²) < 4.78 is 32.3. The van der Waals surface area contributed by atoms with Gasteiger partial charge in [0.25, 0.3) is 0 Å². The van der Waals surface area contributed by atoms with Gasteiger partial charge in [-0.25, -0.2) is 23.2 Å². The summed E-state index contributed by atoms with van der Waals surface area (Å²) in [5.41, 5.74) is 5.31. The lowest BCUT2D eigenvalue weighted by Crippen LogP contribution is -2.59. The van der Waals surface area contributed by atoms with Gasteiger partial charge in [0.15, 0.2) is 21.8 Å². The van der Waals surface area contributed by atoms with E-state index in [1.54, 1.807) is 12.1 Å². The number of anilines is 1. The maximum Gasteiger partial charge on any atom is 0.337 e. The summed E-state index contributed by atoms with van der Waals surface area (Å²) in [6.07, 6.45) is -1.20. The second kappa shape index (κ2) is 12.1. The van der Waals surface area contributed by atoms with E-state index in [2.05, 4.69) is 9.80 Å². The number of aromatic nitrogens is 4. The quantitative estimate of drug-likeness (QED) is 0.224. The van der Waals surface area contributed by atoms with Crippen molar-refractivity contribution in [3.63, 3.8) is 0 Å². The molecule has 0 bridgehead atoms. The van der Waals surface area contributed by atoms with Crippen LogP contribution in [0.2, 0.25) is 5.02 Å². The van der Waals surface area contributed by atoms with Gasteiger partial charge in [-0.2, -0.15) is 5.10 Å². The van der Waals surface area contributed by atoms with E-state index in [0.717, 1.165) is 69.9 Å². The van der Waals surface area contributed by atoms with Gasteiger partial charge in [-0.15, -0.1) is 11.3 Å². The van der Waals surface area contributed by atoms with Gasteiger partial charge in [-0.05, 0) is 69.2 Å². The first-order valence-corrected chi connectivity index (χ1v) is 18.8. The van der Waals surface area contributed by atoms with E-state index in [1.807, 2.05) is 69.8 Å². The lowest BCUT2D eigenvalue weighted by molar-refractivity contribution is -0.160. The van der Waals surface area contributed by atoms with Crippen molar-refractivity contribution in [2.24, 2.45) is 7.05 Å². The number of carboxylic acid groups (broad SMARTS) is 1. The van der Waals surface area contributed by atoms with E-state index in [1.165, 1.54) is 11.3 Å². The number of carboxylic acids is 1. The second-order valence-corrected chi connectivity index (χ2v) is 17.2. The topological polar surface area (TPSA) is 131 Å². The Morgan fingerprint density at radius 3 is 2.38 bits per heavy atom. The Morgan fingerprint density at radius 1 is 1.06 bits per heavy atom. The molecule has 2 aromatic carbocycles. The third-order valence-corrected chi connectivity index (χ3v) is 12.1. The summed E-state index contributed by atoms with van der Waals surface area (Å²) in [4.78, 5) is 27.3. The largest absolute Gasteiger partial charge is 0.479 e. The van der Waals surface area contributed by atoms with Crippen LogP contribution in [0.15, 0.2) is 42.5 Å². The van der Waals surface area contributed by atoms with Crippen LogP contribution in [0.1, 0.15) is 38.0 Å². The Morgan fingerprint density at radius 2 is 1.75 bits per heavy atom. The number of hydrogen-bond acceptors (Lipinski definition) is 10. The molecular weight excluding hydrogens is 672 g/mol. The predicted molar refractivity (Wildman–Crippen MR) is 190 cm³/mol. The predicted octanol–water partition coefficient (Wildman–Crippen LogP) is 5.73. The van der Waals surface area contributed by atoms with Crippen molar-refractivity contribution in [3.05, 3.63) is 58.6 Å². The van der Waals surface area contributed by atoms with Gasteiger partial charge in [0.05, 0.1) is 38.5 Å². The first-order chi connectivity index (χ1) is 22.7. The molecule has 7 rings (SSSR count). The number of thiazole rings is 1. The van der Waals surface area contributed by atoms with Crippen LogP contribution in [-0.2, 0) is 26.4 Å². The first-order valence-electron chi connectivity index (χ1n) is 15.8. The molecule has 0 amide bonds. The first kappa shape index (κ1) is 32.9. The van der Waals surface area contributed by atoms with E-state index in [9.17, 15) is 18.3 Å².